The number of hydrogen-bond acceptors (Lipinski definition) is 3. The Morgan fingerprint density at radius 1 is 1.26 bits per heavy atom. The lowest BCUT2D eigenvalue weighted by Crippen LogP contribution is -2.14. The Labute approximate surface area is 114 Å². The minimum Gasteiger partial charge on any atom is -0.426 e. The highest BCUT2D eigenvalue weighted by Crippen LogP contribution is 2.36. The minimum absolute atomic E-state index is 0.248. The minimum atomic E-state index is -0.289. The van der Waals surface area contributed by atoms with Gasteiger partial charge in [-0.3, -0.25) is 4.79 Å². The summed E-state index contributed by atoms with van der Waals surface area (Å²) < 4.78 is 5.14. The van der Waals surface area contributed by atoms with Crippen molar-refractivity contribution in [3.63, 3.8) is 0 Å². The first-order valence-corrected chi connectivity index (χ1v) is 6.84. The van der Waals surface area contributed by atoms with Crippen molar-refractivity contribution in [2.75, 3.05) is 0 Å². The lowest BCUT2D eigenvalue weighted by Gasteiger charge is -2.26. The first kappa shape index (κ1) is 13.8. The third-order valence-corrected chi connectivity index (χ3v) is 3.89. The number of benzene rings is 1. The molecule has 2 rings (SSSR count). The van der Waals surface area contributed by atoms with E-state index in [1.54, 1.807) is 0 Å². The number of carbonyl (C=O) groups is 2. The summed E-state index contributed by atoms with van der Waals surface area (Å²) in [6, 6.07) is 6.01. The lowest BCUT2D eigenvalue weighted by molar-refractivity contribution is -0.131. The molecule has 0 radical (unpaired) electrons. The molecule has 0 amide bonds. The number of carbonyl (C=O) groups excluding carboxylic acids is 2. The van der Waals surface area contributed by atoms with E-state index in [0.717, 1.165) is 37.5 Å². The molecule has 0 atom stereocenters. The van der Waals surface area contributed by atoms with Gasteiger partial charge in [0.05, 0.1) is 0 Å². The van der Waals surface area contributed by atoms with Crippen LogP contribution in [0.15, 0.2) is 18.2 Å². The van der Waals surface area contributed by atoms with Gasteiger partial charge in [0.15, 0.2) is 0 Å². The van der Waals surface area contributed by atoms with Crippen LogP contribution in [0.5, 0.6) is 5.75 Å². The van der Waals surface area contributed by atoms with E-state index in [1.165, 1.54) is 12.5 Å². The molecule has 1 saturated carbocycles. The van der Waals surface area contributed by atoms with Gasteiger partial charge in [0, 0.05) is 12.8 Å². The van der Waals surface area contributed by atoms with Crippen LogP contribution in [0.3, 0.4) is 0 Å². The van der Waals surface area contributed by atoms with E-state index in [-0.39, 0.29) is 11.9 Å². The molecule has 1 aromatic rings. The van der Waals surface area contributed by atoms with Crippen molar-refractivity contribution in [2.45, 2.75) is 45.4 Å². The summed E-state index contributed by atoms with van der Waals surface area (Å²) in [5.41, 5.74) is 2.28. The highest BCUT2D eigenvalue weighted by molar-refractivity contribution is 5.69. The molecule has 1 aliphatic rings. The van der Waals surface area contributed by atoms with Gasteiger partial charge in [0.2, 0.25) is 0 Å². The van der Waals surface area contributed by atoms with Crippen molar-refractivity contribution in [1.82, 2.24) is 0 Å². The molecule has 3 heteroatoms. The zero-order valence-electron chi connectivity index (χ0n) is 11.5. The van der Waals surface area contributed by atoms with Gasteiger partial charge in [0.25, 0.3) is 0 Å². The molecule has 3 nitrogen and oxygen atoms in total. The maximum Gasteiger partial charge on any atom is 0.308 e. The molecule has 1 aliphatic carbocycles. The van der Waals surface area contributed by atoms with Gasteiger partial charge in [-0.1, -0.05) is 12.1 Å². The molecule has 0 bridgehead atoms. The quantitative estimate of drug-likeness (QED) is 0.475. The van der Waals surface area contributed by atoms with Crippen LogP contribution >= 0.6 is 0 Å². The normalized spacial score (nSPS) is 22.8. The number of hydrogen-bond donors (Lipinski definition) is 0. The monoisotopic (exact) mass is 260 g/mol. The van der Waals surface area contributed by atoms with Gasteiger partial charge in [-0.25, -0.2) is 0 Å². The molecular formula is C16H20O3. The first-order chi connectivity index (χ1) is 9.10. The molecule has 0 unspecified atom stereocenters. The van der Waals surface area contributed by atoms with E-state index in [2.05, 4.69) is 6.07 Å². The average molecular weight is 260 g/mol. The van der Waals surface area contributed by atoms with Crippen molar-refractivity contribution in [2.24, 2.45) is 5.92 Å². The fourth-order valence-electron chi connectivity index (χ4n) is 2.78. The van der Waals surface area contributed by atoms with Gasteiger partial charge in [-0.05, 0) is 55.7 Å². The Morgan fingerprint density at radius 2 is 1.95 bits per heavy atom. The summed E-state index contributed by atoms with van der Waals surface area (Å²) in [7, 11) is 0. The molecular weight excluding hydrogens is 240 g/mol. The molecule has 0 heterocycles. The maximum absolute atomic E-state index is 11.0. The maximum atomic E-state index is 11.0. The Balaban J connectivity index is 2.08. The number of ether oxygens (including phenoxy) is 1. The van der Waals surface area contributed by atoms with Crippen molar-refractivity contribution in [3.8, 4) is 5.75 Å². The smallest absolute Gasteiger partial charge is 0.308 e. The molecule has 102 valence electrons. The predicted octanol–water partition coefficient (Wildman–Crippen LogP) is 3.39. The van der Waals surface area contributed by atoms with E-state index < -0.39 is 0 Å². The van der Waals surface area contributed by atoms with Crippen LogP contribution in [0.2, 0.25) is 0 Å². The predicted molar refractivity (Wildman–Crippen MR) is 73.3 cm³/mol. The summed E-state index contributed by atoms with van der Waals surface area (Å²) in [6.07, 6.45) is 5.19. The molecule has 1 aromatic carbocycles. The zero-order valence-corrected chi connectivity index (χ0v) is 11.5. The van der Waals surface area contributed by atoms with Crippen LogP contribution in [0, 0.1) is 12.8 Å². The molecule has 0 saturated heterocycles. The summed E-state index contributed by atoms with van der Waals surface area (Å²) >= 11 is 0. The van der Waals surface area contributed by atoms with Crippen molar-refractivity contribution < 1.29 is 14.3 Å². The fraction of sp³-hybridized carbons (Fsp3) is 0.500. The number of esters is 1. The highest BCUT2D eigenvalue weighted by atomic mass is 16.5. The van der Waals surface area contributed by atoms with Crippen LogP contribution in [0.1, 0.15) is 49.7 Å². The summed E-state index contributed by atoms with van der Waals surface area (Å²) in [6.45, 7) is 3.37. The molecule has 1 fully saturated rings. The number of rotatable bonds is 3. The Kier molecular flexibility index (Phi) is 4.35. The van der Waals surface area contributed by atoms with Crippen LogP contribution < -0.4 is 4.74 Å². The van der Waals surface area contributed by atoms with E-state index >= 15 is 0 Å². The van der Waals surface area contributed by atoms with Gasteiger partial charge < -0.3 is 9.53 Å². The summed E-state index contributed by atoms with van der Waals surface area (Å²) in [4.78, 5) is 21.7. The Bertz CT molecular complexity index is 471. The third-order valence-electron chi connectivity index (χ3n) is 3.89. The van der Waals surface area contributed by atoms with Crippen LogP contribution in [-0.2, 0) is 9.59 Å². The first-order valence-electron chi connectivity index (χ1n) is 6.84. The van der Waals surface area contributed by atoms with Gasteiger partial charge >= 0.3 is 5.97 Å². The van der Waals surface area contributed by atoms with E-state index in [9.17, 15) is 9.59 Å². The standard InChI is InChI=1S/C16H20O3/c1-11-9-15(7-8-16(11)19-12(2)18)14-5-3-13(10-17)4-6-14/h7-10,13-14H,3-6H2,1-2H3. The second kappa shape index (κ2) is 6.00. The largest absolute Gasteiger partial charge is 0.426 e. The van der Waals surface area contributed by atoms with E-state index in [1.807, 2.05) is 19.1 Å². The van der Waals surface area contributed by atoms with Crippen LogP contribution in [0.25, 0.3) is 0 Å². The topological polar surface area (TPSA) is 43.4 Å². The third kappa shape index (κ3) is 3.43. The SMILES string of the molecule is CC(=O)Oc1ccc(C2CCC(C=O)CC2)cc1C. The Hall–Kier alpha value is -1.64. The summed E-state index contributed by atoms with van der Waals surface area (Å²) in [5.74, 6) is 1.12. The Morgan fingerprint density at radius 3 is 2.47 bits per heavy atom. The summed E-state index contributed by atoms with van der Waals surface area (Å²) in [5, 5.41) is 0. The number of aldehydes is 1. The lowest BCUT2D eigenvalue weighted by atomic mass is 9.79. The molecule has 0 aliphatic heterocycles. The van der Waals surface area contributed by atoms with E-state index in [4.69, 9.17) is 4.74 Å². The number of aryl methyl sites for hydroxylation is 1. The second-order valence-corrected chi connectivity index (χ2v) is 5.37. The zero-order chi connectivity index (χ0) is 13.8. The molecule has 0 aromatic heterocycles. The van der Waals surface area contributed by atoms with E-state index in [0.29, 0.717) is 11.7 Å². The second-order valence-electron chi connectivity index (χ2n) is 5.37. The molecule has 19 heavy (non-hydrogen) atoms. The van der Waals surface area contributed by atoms with Crippen molar-refractivity contribution in [3.05, 3.63) is 29.3 Å². The van der Waals surface area contributed by atoms with Crippen LogP contribution in [-0.4, -0.2) is 12.3 Å². The van der Waals surface area contributed by atoms with Crippen molar-refractivity contribution >= 4 is 12.3 Å². The highest BCUT2D eigenvalue weighted by Gasteiger charge is 2.22. The van der Waals surface area contributed by atoms with Crippen molar-refractivity contribution in [1.29, 1.82) is 0 Å². The van der Waals surface area contributed by atoms with Gasteiger partial charge in [-0.2, -0.15) is 0 Å². The van der Waals surface area contributed by atoms with Gasteiger partial charge in [-0.15, -0.1) is 0 Å². The fourth-order valence-corrected chi connectivity index (χ4v) is 2.78. The van der Waals surface area contributed by atoms with Crippen LogP contribution in [0.4, 0.5) is 0 Å². The molecule has 0 spiro atoms. The molecule has 0 N–H and O–H groups in total. The average Bonchev–Trinajstić information content (AvgIpc) is 2.41. The van der Waals surface area contributed by atoms with Gasteiger partial charge in [0.1, 0.15) is 12.0 Å².